The fraction of sp³-hybridized carbons (Fsp3) is 0.667. The Morgan fingerprint density at radius 2 is 2.53 bits per heavy atom. The normalized spacial score (nSPS) is 18.6. The number of hydrogen-bond donors (Lipinski definition) is 1. The summed E-state index contributed by atoms with van der Waals surface area (Å²) in [6, 6.07) is 2.47. The molecule has 1 aromatic rings. The van der Waals surface area contributed by atoms with E-state index in [4.69, 9.17) is 4.42 Å². The summed E-state index contributed by atoms with van der Waals surface area (Å²) < 4.78 is 5.19. The summed E-state index contributed by atoms with van der Waals surface area (Å²) in [5.74, 6) is 1.19. The van der Waals surface area contributed by atoms with Crippen LogP contribution >= 0.6 is 11.8 Å². The average Bonchev–Trinajstić information content (AvgIpc) is 3.08. The highest BCUT2D eigenvalue weighted by molar-refractivity contribution is 7.99. The molecule has 1 saturated carbocycles. The molecule has 1 unspecified atom stereocenters. The summed E-state index contributed by atoms with van der Waals surface area (Å²) >= 11 is 1.51. The van der Waals surface area contributed by atoms with Gasteiger partial charge in [-0.1, -0.05) is 18.7 Å². The highest BCUT2D eigenvalue weighted by Gasteiger charge is 2.45. The van der Waals surface area contributed by atoms with Crippen LogP contribution in [0.3, 0.4) is 0 Å². The van der Waals surface area contributed by atoms with Crippen molar-refractivity contribution >= 4 is 11.8 Å². The molecule has 1 fully saturated rings. The third-order valence-electron chi connectivity index (χ3n) is 3.00. The largest absolute Gasteiger partial charge is 0.440 e. The molecule has 1 N–H and O–H groups in total. The standard InChI is InChI=1S/C12H17N3OS/c1-2-5-15-12(8-13,10-3-4-10)9-17-11-14-6-7-16-11/h6-7,10,15H,2-5,9H2,1H3. The van der Waals surface area contributed by atoms with E-state index >= 15 is 0 Å². The van der Waals surface area contributed by atoms with Crippen LogP contribution in [0.5, 0.6) is 0 Å². The minimum Gasteiger partial charge on any atom is -0.440 e. The molecule has 2 rings (SSSR count). The first-order valence-electron chi connectivity index (χ1n) is 5.99. The van der Waals surface area contributed by atoms with Crippen molar-refractivity contribution in [3.05, 3.63) is 12.5 Å². The fourth-order valence-electron chi connectivity index (χ4n) is 1.86. The van der Waals surface area contributed by atoms with Crippen LogP contribution in [-0.4, -0.2) is 22.8 Å². The summed E-state index contributed by atoms with van der Waals surface area (Å²) in [5.41, 5.74) is -0.408. The van der Waals surface area contributed by atoms with E-state index in [0.717, 1.165) is 25.8 Å². The molecule has 0 aromatic carbocycles. The van der Waals surface area contributed by atoms with Gasteiger partial charge in [0.25, 0.3) is 5.22 Å². The van der Waals surface area contributed by atoms with E-state index in [0.29, 0.717) is 16.9 Å². The predicted molar refractivity (Wildman–Crippen MR) is 66.6 cm³/mol. The third kappa shape index (κ3) is 3.02. The van der Waals surface area contributed by atoms with Gasteiger partial charge in [0.15, 0.2) is 0 Å². The fourth-order valence-corrected chi connectivity index (χ4v) is 2.87. The minimum absolute atomic E-state index is 0.408. The lowest BCUT2D eigenvalue weighted by Gasteiger charge is -2.27. The predicted octanol–water partition coefficient (Wildman–Crippen LogP) is 2.44. The van der Waals surface area contributed by atoms with E-state index in [-0.39, 0.29) is 0 Å². The topological polar surface area (TPSA) is 61.9 Å². The van der Waals surface area contributed by atoms with Crippen LogP contribution in [0, 0.1) is 17.2 Å². The molecule has 0 radical (unpaired) electrons. The molecule has 1 heterocycles. The molecule has 92 valence electrons. The zero-order valence-electron chi connectivity index (χ0n) is 9.98. The molecule has 1 aromatic heterocycles. The van der Waals surface area contributed by atoms with Gasteiger partial charge in [0.05, 0.1) is 12.3 Å². The van der Waals surface area contributed by atoms with Crippen LogP contribution in [0.1, 0.15) is 26.2 Å². The smallest absolute Gasteiger partial charge is 0.255 e. The second-order valence-electron chi connectivity index (χ2n) is 4.37. The molecule has 5 heteroatoms. The van der Waals surface area contributed by atoms with Gasteiger partial charge in [-0.3, -0.25) is 5.32 Å². The molecule has 17 heavy (non-hydrogen) atoms. The average molecular weight is 251 g/mol. The number of hydrogen-bond acceptors (Lipinski definition) is 5. The molecular formula is C12H17N3OS. The van der Waals surface area contributed by atoms with Gasteiger partial charge < -0.3 is 4.42 Å². The summed E-state index contributed by atoms with van der Waals surface area (Å²) in [4.78, 5) is 4.07. The van der Waals surface area contributed by atoms with Crippen molar-refractivity contribution in [2.45, 2.75) is 36.9 Å². The lowest BCUT2D eigenvalue weighted by molar-refractivity contribution is 0.402. The first-order valence-corrected chi connectivity index (χ1v) is 6.98. The van der Waals surface area contributed by atoms with E-state index in [9.17, 15) is 5.26 Å². The number of aromatic nitrogens is 1. The van der Waals surface area contributed by atoms with Crippen molar-refractivity contribution in [1.29, 1.82) is 5.26 Å². The molecule has 4 nitrogen and oxygen atoms in total. The summed E-state index contributed by atoms with van der Waals surface area (Å²) in [6.07, 6.45) is 6.53. The van der Waals surface area contributed by atoms with E-state index in [1.54, 1.807) is 12.5 Å². The van der Waals surface area contributed by atoms with Crippen molar-refractivity contribution in [3.63, 3.8) is 0 Å². The SMILES string of the molecule is CCCNC(C#N)(CSc1ncco1)C1CC1. The molecular weight excluding hydrogens is 234 g/mol. The van der Waals surface area contributed by atoms with Crippen molar-refractivity contribution in [2.24, 2.45) is 5.92 Å². The maximum absolute atomic E-state index is 9.47. The monoisotopic (exact) mass is 251 g/mol. The van der Waals surface area contributed by atoms with E-state index in [1.807, 2.05) is 0 Å². The van der Waals surface area contributed by atoms with E-state index in [2.05, 4.69) is 23.3 Å². The molecule has 1 atom stereocenters. The van der Waals surface area contributed by atoms with Crippen LogP contribution < -0.4 is 5.32 Å². The van der Waals surface area contributed by atoms with Crippen LogP contribution in [0.15, 0.2) is 22.1 Å². The number of nitriles is 1. The Labute approximate surface area is 106 Å². The number of nitrogens with one attached hydrogen (secondary N) is 1. The van der Waals surface area contributed by atoms with Crippen molar-refractivity contribution in [1.82, 2.24) is 10.3 Å². The molecule has 0 aliphatic heterocycles. The molecule has 0 spiro atoms. The van der Waals surface area contributed by atoms with Crippen LogP contribution in [0.25, 0.3) is 0 Å². The molecule has 0 saturated heterocycles. The molecule has 0 bridgehead atoms. The highest BCUT2D eigenvalue weighted by Crippen LogP contribution is 2.41. The van der Waals surface area contributed by atoms with Gasteiger partial charge in [0.2, 0.25) is 0 Å². The van der Waals surface area contributed by atoms with Crippen molar-refractivity contribution < 1.29 is 4.42 Å². The number of nitrogens with zero attached hydrogens (tertiary/aromatic N) is 2. The van der Waals surface area contributed by atoms with E-state index in [1.165, 1.54) is 11.8 Å². The molecule has 0 amide bonds. The Morgan fingerprint density at radius 3 is 3.06 bits per heavy atom. The zero-order chi connectivity index (χ0) is 12.1. The highest BCUT2D eigenvalue weighted by atomic mass is 32.2. The summed E-state index contributed by atoms with van der Waals surface area (Å²) in [7, 11) is 0. The van der Waals surface area contributed by atoms with Crippen LogP contribution in [0.4, 0.5) is 0 Å². The molecule has 1 aliphatic rings. The van der Waals surface area contributed by atoms with Crippen LogP contribution in [0.2, 0.25) is 0 Å². The number of thioether (sulfide) groups is 1. The van der Waals surface area contributed by atoms with Gasteiger partial charge in [-0.05, 0) is 31.7 Å². The Hall–Kier alpha value is -0.990. The molecule has 1 aliphatic carbocycles. The minimum atomic E-state index is -0.408. The second-order valence-corrected chi connectivity index (χ2v) is 5.30. The Morgan fingerprint density at radius 1 is 1.71 bits per heavy atom. The maximum Gasteiger partial charge on any atom is 0.255 e. The van der Waals surface area contributed by atoms with Crippen molar-refractivity contribution in [3.8, 4) is 6.07 Å². The lowest BCUT2D eigenvalue weighted by atomic mass is 9.97. The Bertz CT molecular complexity index is 383. The van der Waals surface area contributed by atoms with Gasteiger partial charge in [-0.2, -0.15) is 5.26 Å². The second kappa shape index (κ2) is 5.56. The first-order chi connectivity index (χ1) is 8.30. The lowest BCUT2D eigenvalue weighted by Crippen LogP contribution is -2.48. The zero-order valence-corrected chi connectivity index (χ0v) is 10.8. The van der Waals surface area contributed by atoms with Crippen molar-refractivity contribution in [2.75, 3.05) is 12.3 Å². The van der Waals surface area contributed by atoms with Gasteiger partial charge in [-0.15, -0.1) is 0 Å². The Balaban J connectivity index is 1.97. The van der Waals surface area contributed by atoms with Gasteiger partial charge in [-0.25, -0.2) is 4.98 Å². The van der Waals surface area contributed by atoms with E-state index < -0.39 is 5.54 Å². The number of rotatable bonds is 7. The quantitative estimate of drug-likeness (QED) is 0.754. The summed E-state index contributed by atoms with van der Waals surface area (Å²) in [6.45, 7) is 3.00. The Kier molecular flexibility index (Phi) is 4.08. The summed E-state index contributed by atoms with van der Waals surface area (Å²) in [5, 5.41) is 13.5. The van der Waals surface area contributed by atoms with Gasteiger partial charge in [0, 0.05) is 5.75 Å². The van der Waals surface area contributed by atoms with Crippen LogP contribution in [-0.2, 0) is 0 Å². The number of oxazole rings is 1. The van der Waals surface area contributed by atoms with Gasteiger partial charge in [0.1, 0.15) is 11.8 Å². The first kappa shape index (κ1) is 12.5. The third-order valence-corrected chi connectivity index (χ3v) is 4.05. The maximum atomic E-state index is 9.47. The van der Waals surface area contributed by atoms with Gasteiger partial charge >= 0.3 is 0 Å².